The van der Waals surface area contributed by atoms with E-state index >= 15 is 0 Å². The molecule has 2 rings (SSSR count). The molecule has 18 heavy (non-hydrogen) atoms. The summed E-state index contributed by atoms with van der Waals surface area (Å²) in [6, 6.07) is 14.7. The average molecular weight is 260 g/mol. The Bertz CT molecular complexity index is 531. The highest BCUT2D eigenvalue weighted by Gasteiger charge is 2.14. The van der Waals surface area contributed by atoms with Gasteiger partial charge in [0.15, 0.2) is 0 Å². The summed E-state index contributed by atoms with van der Waals surface area (Å²) in [5.41, 5.74) is 5.21. The van der Waals surface area contributed by atoms with Gasteiger partial charge in [0, 0.05) is 5.02 Å². The number of halogens is 1. The minimum Gasteiger partial charge on any atom is -0.309 e. The molecule has 0 heterocycles. The van der Waals surface area contributed by atoms with Crippen LogP contribution in [0.2, 0.25) is 5.02 Å². The monoisotopic (exact) mass is 259 g/mol. The van der Waals surface area contributed by atoms with Crippen LogP contribution in [-0.2, 0) is 0 Å². The van der Waals surface area contributed by atoms with Crippen molar-refractivity contribution in [2.45, 2.75) is 19.9 Å². The van der Waals surface area contributed by atoms with Crippen molar-refractivity contribution in [1.82, 2.24) is 5.32 Å². The molecule has 0 aliphatic carbocycles. The molecule has 1 unspecified atom stereocenters. The van der Waals surface area contributed by atoms with E-state index in [-0.39, 0.29) is 6.04 Å². The molecule has 0 spiro atoms. The standard InChI is InChI=1S/C16H18ClN/c1-11-5-4-6-15(12(11)2)16(18-3)13-7-9-14(17)10-8-13/h4-10,16,18H,1-3H3. The zero-order valence-electron chi connectivity index (χ0n) is 11.0. The van der Waals surface area contributed by atoms with E-state index in [0.717, 1.165) is 5.02 Å². The Labute approximate surface area is 114 Å². The van der Waals surface area contributed by atoms with Gasteiger partial charge in [0.05, 0.1) is 6.04 Å². The maximum Gasteiger partial charge on any atom is 0.0577 e. The van der Waals surface area contributed by atoms with E-state index in [1.807, 2.05) is 19.2 Å². The zero-order chi connectivity index (χ0) is 13.1. The Morgan fingerprint density at radius 2 is 1.67 bits per heavy atom. The molecule has 2 aromatic rings. The molecule has 0 radical (unpaired) electrons. The first-order valence-electron chi connectivity index (χ1n) is 6.12. The third-order valence-corrected chi connectivity index (χ3v) is 3.70. The predicted molar refractivity (Wildman–Crippen MR) is 78.3 cm³/mol. The SMILES string of the molecule is CNC(c1ccc(Cl)cc1)c1cccc(C)c1C. The van der Waals surface area contributed by atoms with Crippen molar-refractivity contribution in [3.63, 3.8) is 0 Å². The third-order valence-electron chi connectivity index (χ3n) is 3.45. The van der Waals surface area contributed by atoms with Crippen LogP contribution in [0.3, 0.4) is 0 Å². The van der Waals surface area contributed by atoms with Gasteiger partial charge >= 0.3 is 0 Å². The number of nitrogens with one attached hydrogen (secondary N) is 1. The van der Waals surface area contributed by atoms with Crippen LogP contribution in [0.4, 0.5) is 0 Å². The summed E-state index contributed by atoms with van der Waals surface area (Å²) in [6.07, 6.45) is 0. The van der Waals surface area contributed by atoms with Crippen molar-refractivity contribution in [3.8, 4) is 0 Å². The molecular weight excluding hydrogens is 242 g/mol. The van der Waals surface area contributed by atoms with Crippen molar-refractivity contribution in [2.75, 3.05) is 7.05 Å². The summed E-state index contributed by atoms with van der Waals surface area (Å²) in [4.78, 5) is 0. The molecule has 0 amide bonds. The lowest BCUT2D eigenvalue weighted by Crippen LogP contribution is -2.18. The van der Waals surface area contributed by atoms with Gasteiger partial charge in [-0.1, -0.05) is 41.9 Å². The van der Waals surface area contributed by atoms with Crippen LogP contribution in [0.5, 0.6) is 0 Å². The van der Waals surface area contributed by atoms with Crippen LogP contribution in [-0.4, -0.2) is 7.05 Å². The van der Waals surface area contributed by atoms with Gasteiger partial charge in [-0.3, -0.25) is 0 Å². The molecule has 0 aliphatic rings. The lowest BCUT2D eigenvalue weighted by molar-refractivity contribution is 0.687. The molecule has 1 atom stereocenters. The smallest absolute Gasteiger partial charge is 0.0577 e. The second-order valence-corrected chi connectivity index (χ2v) is 5.00. The summed E-state index contributed by atoms with van der Waals surface area (Å²) < 4.78 is 0. The number of rotatable bonds is 3. The van der Waals surface area contributed by atoms with Crippen LogP contribution in [0.1, 0.15) is 28.3 Å². The third kappa shape index (κ3) is 2.58. The summed E-state index contributed by atoms with van der Waals surface area (Å²) in [5, 5.41) is 4.15. The van der Waals surface area contributed by atoms with E-state index < -0.39 is 0 Å². The highest BCUT2D eigenvalue weighted by Crippen LogP contribution is 2.27. The molecule has 2 heteroatoms. The Hall–Kier alpha value is -1.31. The lowest BCUT2D eigenvalue weighted by atomic mass is 9.93. The molecule has 1 nitrogen and oxygen atoms in total. The maximum absolute atomic E-state index is 5.94. The number of benzene rings is 2. The predicted octanol–water partition coefficient (Wildman–Crippen LogP) is 4.27. The molecule has 0 aliphatic heterocycles. The maximum atomic E-state index is 5.94. The second kappa shape index (κ2) is 5.55. The molecular formula is C16H18ClN. The highest BCUT2D eigenvalue weighted by molar-refractivity contribution is 6.30. The molecule has 1 N–H and O–H groups in total. The van der Waals surface area contributed by atoms with Gasteiger partial charge in [0.25, 0.3) is 0 Å². The van der Waals surface area contributed by atoms with Gasteiger partial charge in [0.1, 0.15) is 0 Å². The van der Waals surface area contributed by atoms with E-state index in [1.165, 1.54) is 22.3 Å². The van der Waals surface area contributed by atoms with Crippen LogP contribution < -0.4 is 5.32 Å². The van der Waals surface area contributed by atoms with Crippen molar-refractivity contribution >= 4 is 11.6 Å². The van der Waals surface area contributed by atoms with E-state index in [0.29, 0.717) is 0 Å². The molecule has 0 aromatic heterocycles. The number of hydrogen-bond donors (Lipinski definition) is 1. The lowest BCUT2D eigenvalue weighted by Gasteiger charge is -2.20. The Balaban J connectivity index is 2.45. The minimum atomic E-state index is 0.210. The van der Waals surface area contributed by atoms with Gasteiger partial charge in [0.2, 0.25) is 0 Å². The van der Waals surface area contributed by atoms with E-state index in [9.17, 15) is 0 Å². The summed E-state index contributed by atoms with van der Waals surface area (Å²) in [6.45, 7) is 4.32. The van der Waals surface area contributed by atoms with Crippen LogP contribution in [0.25, 0.3) is 0 Å². The molecule has 0 saturated carbocycles. The summed E-state index contributed by atoms with van der Waals surface area (Å²) in [7, 11) is 1.99. The first-order chi connectivity index (χ1) is 8.63. The van der Waals surface area contributed by atoms with Crippen molar-refractivity contribution < 1.29 is 0 Å². The first-order valence-corrected chi connectivity index (χ1v) is 6.50. The molecule has 0 bridgehead atoms. The summed E-state index contributed by atoms with van der Waals surface area (Å²) >= 11 is 5.94. The van der Waals surface area contributed by atoms with Gasteiger partial charge < -0.3 is 5.32 Å². The Morgan fingerprint density at radius 3 is 2.28 bits per heavy atom. The van der Waals surface area contributed by atoms with Crippen molar-refractivity contribution in [3.05, 3.63) is 69.7 Å². The van der Waals surface area contributed by atoms with Gasteiger partial charge in [-0.25, -0.2) is 0 Å². The van der Waals surface area contributed by atoms with E-state index in [4.69, 9.17) is 11.6 Å². The van der Waals surface area contributed by atoms with Gasteiger partial charge in [-0.15, -0.1) is 0 Å². The fourth-order valence-electron chi connectivity index (χ4n) is 2.24. The second-order valence-electron chi connectivity index (χ2n) is 4.56. The zero-order valence-corrected chi connectivity index (χ0v) is 11.8. The number of hydrogen-bond acceptors (Lipinski definition) is 1. The fraction of sp³-hybridized carbons (Fsp3) is 0.250. The van der Waals surface area contributed by atoms with Crippen molar-refractivity contribution in [2.24, 2.45) is 0 Å². The minimum absolute atomic E-state index is 0.210. The largest absolute Gasteiger partial charge is 0.309 e. The Kier molecular flexibility index (Phi) is 4.05. The molecule has 0 saturated heterocycles. The summed E-state index contributed by atoms with van der Waals surface area (Å²) in [5.74, 6) is 0. The van der Waals surface area contributed by atoms with Gasteiger partial charge in [-0.05, 0) is 55.3 Å². The fourth-order valence-corrected chi connectivity index (χ4v) is 2.37. The van der Waals surface area contributed by atoms with Crippen LogP contribution >= 0.6 is 11.6 Å². The molecule has 94 valence electrons. The highest BCUT2D eigenvalue weighted by atomic mass is 35.5. The topological polar surface area (TPSA) is 12.0 Å². The number of aryl methyl sites for hydroxylation is 1. The van der Waals surface area contributed by atoms with Crippen LogP contribution in [0, 0.1) is 13.8 Å². The molecule has 2 aromatic carbocycles. The first kappa shape index (κ1) is 13.1. The van der Waals surface area contributed by atoms with Crippen molar-refractivity contribution in [1.29, 1.82) is 0 Å². The normalized spacial score (nSPS) is 12.4. The van der Waals surface area contributed by atoms with Gasteiger partial charge in [-0.2, -0.15) is 0 Å². The Morgan fingerprint density at radius 1 is 1.00 bits per heavy atom. The van der Waals surface area contributed by atoms with E-state index in [2.05, 4.69) is 49.5 Å². The van der Waals surface area contributed by atoms with E-state index in [1.54, 1.807) is 0 Å². The average Bonchev–Trinajstić information content (AvgIpc) is 2.37. The molecule has 0 fully saturated rings. The quantitative estimate of drug-likeness (QED) is 0.868. The van der Waals surface area contributed by atoms with Crippen LogP contribution in [0.15, 0.2) is 42.5 Å².